The van der Waals surface area contributed by atoms with Crippen LogP contribution in [-0.4, -0.2) is 23.0 Å². The summed E-state index contributed by atoms with van der Waals surface area (Å²) in [4.78, 5) is 20.3. The van der Waals surface area contributed by atoms with Crippen LogP contribution in [-0.2, 0) is 4.79 Å². The fraction of sp³-hybridized carbons (Fsp3) is 0.450. The van der Waals surface area contributed by atoms with Gasteiger partial charge in [0.15, 0.2) is 11.6 Å². The Morgan fingerprint density at radius 3 is 2.52 bits per heavy atom. The van der Waals surface area contributed by atoms with E-state index in [0.29, 0.717) is 17.9 Å². The van der Waals surface area contributed by atoms with Gasteiger partial charge in [-0.2, -0.15) is 4.98 Å². The third kappa shape index (κ3) is 5.84. The van der Waals surface area contributed by atoms with Crippen LogP contribution >= 0.6 is 0 Å². The van der Waals surface area contributed by atoms with E-state index in [1.807, 2.05) is 39.0 Å². The number of amides is 1. The second-order valence-corrected chi connectivity index (χ2v) is 7.89. The fourth-order valence-electron chi connectivity index (χ4n) is 2.49. The van der Waals surface area contributed by atoms with Crippen molar-refractivity contribution in [2.75, 3.05) is 18.2 Å². The zero-order valence-corrected chi connectivity index (χ0v) is 16.8. The molecule has 0 saturated carbocycles. The van der Waals surface area contributed by atoms with Gasteiger partial charge in [0.1, 0.15) is 11.5 Å². The molecule has 0 radical (unpaired) electrons. The van der Waals surface area contributed by atoms with Crippen molar-refractivity contribution >= 4 is 17.7 Å². The largest absolute Gasteiger partial charge is 0.497 e. The molecule has 0 aliphatic heterocycles. The van der Waals surface area contributed by atoms with Crippen molar-refractivity contribution in [3.63, 3.8) is 0 Å². The summed E-state index contributed by atoms with van der Waals surface area (Å²) < 4.78 is 11.2. The minimum atomic E-state index is -0.159. The van der Waals surface area contributed by atoms with E-state index >= 15 is 0 Å². The van der Waals surface area contributed by atoms with E-state index in [1.165, 1.54) is 6.20 Å². The first kappa shape index (κ1) is 20.5. The fourth-order valence-corrected chi connectivity index (χ4v) is 2.49. The summed E-state index contributed by atoms with van der Waals surface area (Å²) in [6.07, 6.45) is 1.82. The van der Waals surface area contributed by atoms with Gasteiger partial charge in [0.2, 0.25) is 11.9 Å². The molecule has 1 heterocycles. The molecule has 0 bridgehead atoms. The SMILES string of the molecule is COc1ccc(Oc2cnc(NC(=O)CC(C)(C)C)nc2N)c(C(C)C)c1. The number of carbonyl (C=O) groups is 1. The predicted molar refractivity (Wildman–Crippen MR) is 106 cm³/mol. The van der Waals surface area contributed by atoms with Gasteiger partial charge in [-0.05, 0) is 29.5 Å². The van der Waals surface area contributed by atoms with Gasteiger partial charge in [-0.3, -0.25) is 10.1 Å². The van der Waals surface area contributed by atoms with Crippen molar-refractivity contribution < 1.29 is 14.3 Å². The highest BCUT2D eigenvalue weighted by Crippen LogP contribution is 2.35. The van der Waals surface area contributed by atoms with Crippen LogP contribution in [0.2, 0.25) is 0 Å². The molecule has 7 nitrogen and oxygen atoms in total. The van der Waals surface area contributed by atoms with Crippen molar-refractivity contribution in [1.82, 2.24) is 9.97 Å². The van der Waals surface area contributed by atoms with Crippen LogP contribution in [0.3, 0.4) is 0 Å². The van der Waals surface area contributed by atoms with Gasteiger partial charge in [-0.15, -0.1) is 0 Å². The van der Waals surface area contributed by atoms with Crippen LogP contribution in [0.15, 0.2) is 24.4 Å². The molecule has 0 aliphatic carbocycles. The highest BCUT2D eigenvalue weighted by Gasteiger charge is 2.18. The number of nitrogens with zero attached hydrogens (tertiary/aromatic N) is 2. The third-order valence-electron chi connectivity index (χ3n) is 3.78. The molecule has 0 aliphatic rings. The number of carbonyl (C=O) groups excluding carboxylic acids is 1. The normalized spacial score (nSPS) is 11.4. The summed E-state index contributed by atoms with van der Waals surface area (Å²) in [5.74, 6) is 2.13. The minimum absolute atomic E-state index is 0.125. The van der Waals surface area contributed by atoms with E-state index in [2.05, 4.69) is 29.1 Å². The topological polar surface area (TPSA) is 99.4 Å². The minimum Gasteiger partial charge on any atom is -0.497 e. The Balaban J connectivity index is 2.18. The third-order valence-corrected chi connectivity index (χ3v) is 3.78. The van der Waals surface area contributed by atoms with Crippen LogP contribution in [0.4, 0.5) is 11.8 Å². The average molecular weight is 372 g/mol. The van der Waals surface area contributed by atoms with Crippen LogP contribution in [0.1, 0.15) is 52.5 Å². The second-order valence-electron chi connectivity index (χ2n) is 7.89. The Morgan fingerprint density at radius 1 is 1.26 bits per heavy atom. The van der Waals surface area contributed by atoms with E-state index in [1.54, 1.807) is 7.11 Å². The molecule has 7 heteroatoms. The van der Waals surface area contributed by atoms with E-state index in [9.17, 15) is 4.79 Å². The number of benzene rings is 1. The van der Waals surface area contributed by atoms with Crippen molar-refractivity contribution in [2.45, 2.75) is 47.0 Å². The molecule has 0 atom stereocenters. The molecular weight excluding hydrogens is 344 g/mol. The van der Waals surface area contributed by atoms with Crippen molar-refractivity contribution in [3.05, 3.63) is 30.0 Å². The first-order valence-corrected chi connectivity index (χ1v) is 8.87. The van der Waals surface area contributed by atoms with Gasteiger partial charge in [0.25, 0.3) is 0 Å². The maximum absolute atomic E-state index is 12.0. The summed E-state index contributed by atoms with van der Waals surface area (Å²) in [7, 11) is 1.62. The summed E-state index contributed by atoms with van der Waals surface area (Å²) in [6.45, 7) is 10.1. The molecule has 0 fully saturated rings. The first-order chi connectivity index (χ1) is 12.6. The number of nitrogen functional groups attached to an aromatic ring is 1. The summed E-state index contributed by atoms with van der Waals surface area (Å²) >= 11 is 0. The van der Waals surface area contributed by atoms with E-state index in [0.717, 1.165) is 11.3 Å². The van der Waals surface area contributed by atoms with E-state index in [-0.39, 0.29) is 29.0 Å². The molecule has 0 spiro atoms. The number of methoxy groups -OCH3 is 1. The lowest BCUT2D eigenvalue weighted by Crippen LogP contribution is -2.21. The molecule has 1 aromatic heterocycles. The molecule has 2 aromatic rings. The van der Waals surface area contributed by atoms with Crippen LogP contribution in [0, 0.1) is 5.41 Å². The standard InChI is InChI=1S/C20H28N4O3/c1-12(2)14-9-13(26-6)7-8-15(14)27-16-11-22-19(24-18(16)21)23-17(25)10-20(3,4)5/h7-9,11-12H,10H2,1-6H3,(H3,21,22,23,24,25). The number of hydrogen-bond donors (Lipinski definition) is 2. The number of nitrogens with two attached hydrogens (primary N) is 1. The highest BCUT2D eigenvalue weighted by molar-refractivity contribution is 5.89. The maximum atomic E-state index is 12.0. The number of aromatic nitrogens is 2. The molecule has 27 heavy (non-hydrogen) atoms. The van der Waals surface area contributed by atoms with Gasteiger partial charge in [-0.1, -0.05) is 34.6 Å². The van der Waals surface area contributed by atoms with E-state index < -0.39 is 0 Å². The maximum Gasteiger partial charge on any atom is 0.231 e. The Morgan fingerprint density at radius 2 is 1.96 bits per heavy atom. The summed E-state index contributed by atoms with van der Waals surface area (Å²) in [5.41, 5.74) is 6.86. The molecule has 3 N–H and O–H groups in total. The lowest BCUT2D eigenvalue weighted by molar-refractivity contribution is -0.117. The second kappa shape index (κ2) is 8.24. The lowest BCUT2D eigenvalue weighted by Gasteiger charge is -2.17. The van der Waals surface area contributed by atoms with Gasteiger partial charge in [0.05, 0.1) is 13.3 Å². The average Bonchev–Trinajstić information content (AvgIpc) is 2.55. The van der Waals surface area contributed by atoms with E-state index in [4.69, 9.17) is 15.2 Å². The first-order valence-electron chi connectivity index (χ1n) is 8.87. The molecule has 1 aromatic carbocycles. The summed E-state index contributed by atoms with van der Waals surface area (Å²) in [6, 6.07) is 5.57. The lowest BCUT2D eigenvalue weighted by atomic mass is 9.92. The predicted octanol–water partition coefficient (Wildman–Crippen LogP) is 4.36. The number of nitrogens with one attached hydrogen (secondary N) is 1. The Labute approximate surface area is 160 Å². The van der Waals surface area contributed by atoms with Crippen LogP contribution in [0.25, 0.3) is 0 Å². The number of hydrogen-bond acceptors (Lipinski definition) is 6. The molecule has 0 saturated heterocycles. The van der Waals surface area contributed by atoms with Crippen molar-refractivity contribution in [2.24, 2.45) is 5.41 Å². The number of rotatable bonds is 6. The van der Waals surface area contributed by atoms with Crippen molar-refractivity contribution in [1.29, 1.82) is 0 Å². The zero-order chi connectivity index (χ0) is 20.2. The number of anilines is 2. The Kier molecular flexibility index (Phi) is 6.25. The van der Waals surface area contributed by atoms with Crippen LogP contribution in [0.5, 0.6) is 17.2 Å². The van der Waals surface area contributed by atoms with Gasteiger partial charge < -0.3 is 15.2 Å². The molecule has 0 unspecified atom stereocenters. The zero-order valence-electron chi connectivity index (χ0n) is 16.8. The van der Waals surface area contributed by atoms with Gasteiger partial charge in [0, 0.05) is 12.0 Å². The monoisotopic (exact) mass is 372 g/mol. The molecular formula is C20H28N4O3. The molecule has 2 rings (SSSR count). The summed E-state index contributed by atoms with van der Waals surface area (Å²) in [5, 5.41) is 2.66. The van der Waals surface area contributed by atoms with Gasteiger partial charge in [-0.25, -0.2) is 4.98 Å². The smallest absolute Gasteiger partial charge is 0.231 e. The van der Waals surface area contributed by atoms with Crippen LogP contribution < -0.4 is 20.5 Å². The highest BCUT2D eigenvalue weighted by atomic mass is 16.5. The molecule has 1 amide bonds. The quantitative estimate of drug-likeness (QED) is 0.782. The van der Waals surface area contributed by atoms with Crippen molar-refractivity contribution in [3.8, 4) is 17.2 Å². The Bertz CT molecular complexity index is 813. The number of ether oxygens (including phenoxy) is 2. The Hall–Kier alpha value is -2.83. The molecule has 146 valence electrons. The van der Waals surface area contributed by atoms with Gasteiger partial charge >= 0.3 is 0 Å².